The minimum atomic E-state index is -0.493. The van der Waals surface area contributed by atoms with E-state index in [0.717, 1.165) is 11.1 Å². The van der Waals surface area contributed by atoms with Crippen molar-refractivity contribution in [3.05, 3.63) is 47.9 Å². The first kappa shape index (κ1) is 11.2. The van der Waals surface area contributed by atoms with Gasteiger partial charge in [0.05, 0.1) is 5.54 Å². The van der Waals surface area contributed by atoms with E-state index in [0.29, 0.717) is 18.1 Å². The molecule has 18 heavy (non-hydrogen) atoms. The highest BCUT2D eigenvalue weighted by Gasteiger charge is 2.34. The van der Waals surface area contributed by atoms with E-state index in [4.69, 9.17) is 10.5 Å². The van der Waals surface area contributed by atoms with Crippen molar-refractivity contribution in [2.75, 3.05) is 6.61 Å². The minimum Gasteiger partial charge on any atom is -0.489 e. The van der Waals surface area contributed by atoms with Gasteiger partial charge in [0.1, 0.15) is 18.1 Å². The van der Waals surface area contributed by atoms with Crippen LogP contribution in [0.2, 0.25) is 0 Å². The summed E-state index contributed by atoms with van der Waals surface area (Å²) in [5, 5.41) is 0. The Labute approximate surface area is 104 Å². The standard InChI is InChI=1S/C14H13FN2O/c1-14(16)8-18-13-11(14)6-7-17-12(13)9-2-4-10(15)5-3-9/h2-7H,8,16H2,1H3. The molecule has 4 heteroatoms. The average molecular weight is 244 g/mol. The van der Waals surface area contributed by atoms with Gasteiger partial charge >= 0.3 is 0 Å². The summed E-state index contributed by atoms with van der Waals surface area (Å²) in [5.41, 5.74) is 8.13. The highest BCUT2D eigenvalue weighted by molar-refractivity contribution is 5.69. The molecule has 3 nitrogen and oxygen atoms in total. The molecular formula is C14H13FN2O. The zero-order valence-corrected chi connectivity index (χ0v) is 9.98. The van der Waals surface area contributed by atoms with Crippen LogP contribution in [0.4, 0.5) is 4.39 Å². The summed E-state index contributed by atoms with van der Waals surface area (Å²) in [6.45, 7) is 2.36. The van der Waals surface area contributed by atoms with E-state index in [1.807, 2.05) is 13.0 Å². The smallest absolute Gasteiger partial charge is 0.150 e. The van der Waals surface area contributed by atoms with Crippen LogP contribution in [0.5, 0.6) is 5.75 Å². The van der Waals surface area contributed by atoms with E-state index in [9.17, 15) is 4.39 Å². The first-order chi connectivity index (χ1) is 8.58. The number of fused-ring (bicyclic) bond motifs is 1. The molecule has 0 saturated heterocycles. The molecule has 92 valence electrons. The van der Waals surface area contributed by atoms with Crippen molar-refractivity contribution in [3.8, 4) is 17.0 Å². The third kappa shape index (κ3) is 1.66. The Morgan fingerprint density at radius 2 is 2.00 bits per heavy atom. The monoisotopic (exact) mass is 244 g/mol. The maximum absolute atomic E-state index is 12.9. The second kappa shape index (κ2) is 3.78. The molecule has 1 aromatic heterocycles. The number of hydrogen-bond acceptors (Lipinski definition) is 3. The highest BCUT2D eigenvalue weighted by Crippen LogP contribution is 2.40. The average Bonchev–Trinajstić information content (AvgIpc) is 2.67. The summed E-state index contributed by atoms with van der Waals surface area (Å²) in [6, 6.07) is 8.07. The quantitative estimate of drug-likeness (QED) is 0.838. The van der Waals surface area contributed by atoms with Gasteiger partial charge in [-0.25, -0.2) is 4.39 Å². The molecule has 0 bridgehead atoms. The predicted molar refractivity (Wildman–Crippen MR) is 66.7 cm³/mol. The molecule has 2 N–H and O–H groups in total. The summed E-state index contributed by atoms with van der Waals surface area (Å²) in [4.78, 5) is 4.31. The number of benzene rings is 1. The number of ether oxygens (including phenoxy) is 1. The van der Waals surface area contributed by atoms with Gasteiger partial charge in [-0.3, -0.25) is 4.98 Å². The summed E-state index contributed by atoms with van der Waals surface area (Å²) in [5.74, 6) is 0.435. The van der Waals surface area contributed by atoms with Crippen LogP contribution in [0.3, 0.4) is 0 Å². The van der Waals surface area contributed by atoms with Crippen molar-refractivity contribution in [1.29, 1.82) is 0 Å². The Hall–Kier alpha value is -1.94. The zero-order chi connectivity index (χ0) is 12.8. The van der Waals surface area contributed by atoms with Crippen molar-refractivity contribution in [1.82, 2.24) is 4.98 Å². The Morgan fingerprint density at radius 3 is 2.72 bits per heavy atom. The Balaban J connectivity index is 2.15. The number of nitrogens with two attached hydrogens (primary N) is 1. The summed E-state index contributed by atoms with van der Waals surface area (Å²) < 4.78 is 18.6. The van der Waals surface area contributed by atoms with Crippen LogP contribution >= 0.6 is 0 Å². The molecule has 0 aliphatic carbocycles. The Bertz CT molecular complexity index is 593. The van der Waals surface area contributed by atoms with E-state index < -0.39 is 5.54 Å². The maximum Gasteiger partial charge on any atom is 0.150 e. The molecule has 2 heterocycles. The first-order valence-corrected chi connectivity index (χ1v) is 5.75. The van der Waals surface area contributed by atoms with Crippen LogP contribution in [-0.2, 0) is 5.54 Å². The third-order valence-electron chi connectivity index (χ3n) is 3.15. The van der Waals surface area contributed by atoms with Gasteiger partial charge in [-0.1, -0.05) is 0 Å². The van der Waals surface area contributed by atoms with Gasteiger partial charge in [-0.05, 0) is 37.3 Å². The second-order valence-electron chi connectivity index (χ2n) is 4.75. The fourth-order valence-electron chi connectivity index (χ4n) is 2.16. The van der Waals surface area contributed by atoms with Crippen molar-refractivity contribution < 1.29 is 9.13 Å². The molecule has 0 spiro atoms. The first-order valence-electron chi connectivity index (χ1n) is 5.75. The van der Waals surface area contributed by atoms with E-state index in [1.165, 1.54) is 12.1 Å². The number of pyridine rings is 1. The van der Waals surface area contributed by atoms with Crippen molar-refractivity contribution >= 4 is 0 Å². The molecule has 3 rings (SSSR count). The molecule has 2 aromatic rings. The molecule has 0 amide bonds. The predicted octanol–water partition coefficient (Wildman–Crippen LogP) is 2.45. The molecule has 1 aliphatic rings. The molecule has 0 saturated carbocycles. The molecule has 1 unspecified atom stereocenters. The van der Waals surface area contributed by atoms with Crippen molar-refractivity contribution in [2.24, 2.45) is 5.73 Å². The largest absolute Gasteiger partial charge is 0.489 e. The van der Waals surface area contributed by atoms with Crippen LogP contribution in [0.15, 0.2) is 36.5 Å². The van der Waals surface area contributed by atoms with Crippen LogP contribution in [0.1, 0.15) is 12.5 Å². The normalized spacial score (nSPS) is 21.5. The van der Waals surface area contributed by atoms with Crippen LogP contribution < -0.4 is 10.5 Å². The van der Waals surface area contributed by atoms with Crippen molar-refractivity contribution in [3.63, 3.8) is 0 Å². The number of rotatable bonds is 1. The van der Waals surface area contributed by atoms with E-state index >= 15 is 0 Å². The topological polar surface area (TPSA) is 48.1 Å². The van der Waals surface area contributed by atoms with Gasteiger partial charge in [0.2, 0.25) is 0 Å². The summed E-state index contributed by atoms with van der Waals surface area (Å²) in [6.07, 6.45) is 1.71. The lowest BCUT2D eigenvalue weighted by molar-refractivity contribution is 0.283. The van der Waals surface area contributed by atoms with Gasteiger partial charge in [0.25, 0.3) is 0 Å². The minimum absolute atomic E-state index is 0.268. The molecule has 0 fully saturated rings. The van der Waals surface area contributed by atoms with Crippen LogP contribution in [-0.4, -0.2) is 11.6 Å². The SMILES string of the molecule is CC1(N)COc2c1ccnc2-c1ccc(F)cc1. The number of nitrogens with zero attached hydrogens (tertiary/aromatic N) is 1. The van der Waals surface area contributed by atoms with Gasteiger partial charge in [0, 0.05) is 17.3 Å². The fourth-order valence-corrected chi connectivity index (χ4v) is 2.16. The van der Waals surface area contributed by atoms with Crippen LogP contribution in [0, 0.1) is 5.82 Å². The van der Waals surface area contributed by atoms with Gasteiger partial charge < -0.3 is 10.5 Å². The lowest BCUT2D eigenvalue weighted by atomic mass is 9.95. The lowest BCUT2D eigenvalue weighted by Crippen LogP contribution is -2.34. The van der Waals surface area contributed by atoms with Crippen LogP contribution in [0.25, 0.3) is 11.3 Å². The van der Waals surface area contributed by atoms with E-state index in [-0.39, 0.29) is 5.82 Å². The van der Waals surface area contributed by atoms with E-state index in [1.54, 1.807) is 18.3 Å². The Kier molecular flexibility index (Phi) is 2.35. The zero-order valence-electron chi connectivity index (χ0n) is 9.98. The lowest BCUT2D eigenvalue weighted by Gasteiger charge is -2.15. The number of aromatic nitrogens is 1. The van der Waals surface area contributed by atoms with Gasteiger partial charge in [0.15, 0.2) is 5.75 Å². The second-order valence-corrected chi connectivity index (χ2v) is 4.75. The summed E-state index contributed by atoms with van der Waals surface area (Å²) >= 11 is 0. The Morgan fingerprint density at radius 1 is 1.28 bits per heavy atom. The number of hydrogen-bond donors (Lipinski definition) is 1. The maximum atomic E-state index is 12.9. The van der Waals surface area contributed by atoms with Gasteiger partial charge in [-0.2, -0.15) is 0 Å². The van der Waals surface area contributed by atoms with Gasteiger partial charge in [-0.15, -0.1) is 0 Å². The van der Waals surface area contributed by atoms with Crippen molar-refractivity contribution in [2.45, 2.75) is 12.5 Å². The molecule has 1 aliphatic heterocycles. The van der Waals surface area contributed by atoms with E-state index in [2.05, 4.69) is 4.98 Å². The molecular weight excluding hydrogens is 231 g/mol. The number of halogens is 1. The summed E-state index contributed by atoms with van der Waals surface area (Å²) in [7, 11) is 0. The molecule has 1 atom stereocenters. The fraction of sp³-hybridized carbons (Fsp3) is 0.214. The highest BCUT2D eigenvalue weighted by atomic mass is 19.1. The molecule has 1 aromatic carbocycles. The third-order valence-corrected chi connectivity index (χ3v) is 3.15. The molecule has 0 radical (unpaired) electrons.